The third-order valence-electron chi connectivity index (χ3n) is 3.49. The van der Waals surface area contributed by atoms with Crippen LogP contribution in [0.2, 0.25) is 0 Å². The van der Waals surface area contributed by atoms with Crippen molar-refractivity contribution in [2.75, 3.05) is 11.4 Å². The van der Waals surface area contributed by atoms with Crippen LogP contribution in [-0.4, -0.2) is 36.3 Å². The number of H-pyrrole nitrogens is 1. The molecule has 0 radical (unpaired) electrons. The maximum absolute atomic E-state index is 4.37. The Hall–Kier alpha value is -2.44. The molecule has 0 aromatic carbocycles. The lowest BCUT2D eigenvalue weighted by atomic mass is 10.1. The Labute approximate surface area is 109 Å². The summed E-state index contributed by atoms with van der Waals surface area (Å²) in [6, 6.07) is 2.05. The molecule has 0 spiro atoms. The van der Waals surface area contributed by atoms with E-state index in [1.54, 1.807) is 10.8 Å². The van der Waals surface area contributed by atoms with E-state index in [2.05, 4.69) is 30.2 Å². The Kier molecular flexibility index (Phi) is 2.08. The fraction of sp³-hybridized carbons (Fsp3) is 0.333. The first-order valence-electron chi connectivity index (χ1n) is 6.25. The highest BCUT2D eigenvalue weighted by Crippen LogP contribution is 2.23. The Morgan fingerprint density at radius 2 is 2.32 bits per heavy atom. The van der Waals surface area contributed by atoms with Crippen LogP contribution in [0.1, 0.15) is 17.0 Å². The summed E-state index contributed by atoms with van der Waals surface area (Å²) in [4.78, 5) is 10.8. The summed E-state index contributed by atoms with van der Waals surface area (Å²) in [5.41, 5.74) is 3.43. The fourth-order valence-electron chi connectivity index (χ4n) is 2.55. The van der Waals surface area contributed by atoms with Crippen LogP contribution in [0.15, 0.2) is 18.6 Å². The van der Waals surface area contributed by atoms with Gasteiger partial charge in [0.25, 0.3) is 5.78 Å². The van der Waals surface area contributed by atoms with E-state index in [9.17, 15) is 0 Å². The van der Waals surface area contributed by atoms with Crippen molar-refractivity contribution in [2.45, 2.75) is 19.9 Å². The average Bonchev–Trinajstić information content (AvgIpc) is 3.04. The molecular formula is C12H13N7. The number of rotatable bonds is 1. The number of aromatic nitrogens is 6. The van der Waals surface area contributed by atoms with Gasteiger partial charge in [-0.2, -0.15) is 19.7 Å². The molecule has 7 heteroatoms. The third kappa shape index (κ3) is 1.58. The number of aryl methyl sites for hydroxylation is 1. The second-order valence-corrected chi connectivity index (χ2v) is 4.77. The van der Waals surface area contributed by atoms with Gasteiger partial charge in [-0.15, -0.1) is 0 Å². The molecule has 4 heterocycles. The first-order chi connectivity index (χ1) is 9.31. The molecule has 0 amide bonds. The lowest BCUT2D eigenvalue weighted by Crippen LogP contribution is -2.31. The normalized spacial score (nSPS) is 14.9. The first kappa shape index (κ1) is 10.5. The van der Waals surface area contributed by atoms with Crippen molar-refractivity contribution in [1.82, 2.24) is 29.8 Å². The second kappa shape index (κ2) is 3.78. The van der Waals surface area contributed by atoms with E-state index in [1.165, 1.54) is 11.3 Å². The van der Waals surface area contributed by atoms with E-state index in [0.29, 0.717) is 5.78 Å². The van der Waals surface area contributed by atoms with Crippen LogP contribution in [0.5, 0.6) is 0 Å². The van der Waals surface area contributed by atoms with Crippen molar-refractivity contribution >= 4 is 11.6 Å². The molecule has 0 bridgehead atoms. The van der Waals surface area contributed by atoms with Crippen molar-refractivity contribution in [2.24, 2.45) is 0 Å². The summed E-state index contributed by atoms with van der Waals surface area (Å²) in [6.45, 7) is 3.75. The third-order valence-corrected chi connectivity index (χ3v) is 3.49. The van der Waals surface area contributed by atoms with Crippen LogP contribution >= 0.6 is 0 Å². The first-order valence-corrected chi connectivity index (χ1v) is 6.25. The highest BCUT2D eigenvalue weighted by molar-refractivity contribution is 5.49. The number of fused-ring (bicyclic) bond motifs is 2. The number of anilines is 1. The smallest absolute Gasteiger partial charge is 0.254 e. The maximum Gasteiger partial charge on any atom is 0.254 e. The summed E-state index contributed by atoms with van der Waals surface area (Å²) in [5.74, 6) is 1.68. The molecule has 0 saturated carbocycles. The van der Waals surface area contributed by atoms with Crippen molar-refractivity contribution in [3.8, 4) is 0 Å². The van der Waals surface area contributed by atoms with Gasteiger partial charge in [-0.1, -0.05) is 0 Å². The molecule has 1 aliphatic heterocycles. The maximum atomic E-state index is 4.37. The van der Waals surface area contributed by atoms with E-state index in [4.69, 9.17) is 0 Å². The van der Waals surface area contributed by atoms with Crippen molar-refractivity contribution < 1.29 is 0 Å². The molecule has 0 unspecified atom stereocenters. The van der Waals surface area contributed by atoms with Crippen LogP contribution in [-0.2, 0) is 13.0 Å². The predicted molar refractivity (Wildman–Crippen MR) is 68.9 cm³/mol. The summed E-state index contributed by atoms with van der Waals surface area (Å²) in [7, 11) is 0. The molecule has 3 aromatic rings. The van der Waals surface area contributed by atoms with E-state index >= 15 is 0 Å². The summed E-state index contributed by atoms with van der Waals surface area (Å²) < 4.78 is 1.79. The van der Waals surface area contributed by atoms with Gasteiger partial charge in [0.15, 0.2) is 0 Å². The van der Waals surface area contributed by atoms with E-state index in [-0.39, 0.29) is 0 Å². The van der Waals surface area contributed by atoms with Gasteiger partial charge in [0.05, 0.1) is 6.20 Å². The van der Waals surface area contributed by atoms with Gasteiger partial charge >= 0.3 is 0 Å². The highest BCUT2D eigenvalue weighted by Gasteiger charge is 2.20. The Morgan fingerprint density at radius 3 is 3.26 bits per heavy atom. The quantitative estimate of drug-likeness (QED) is 0.693. The van der Waals surface area contributed by atoms with Gasteiger partial charge < -0.3 is 4.90 Å². The molecule has 3 aromatic heterocycles. The van der Waals surface area contributed by atoms with E-state index < -0.39 is 0 Å². The van der Waals surface area contributed by atoms with E-state index in [1.807, 2.05) is 19.2 Å². The van der Waals surface area contributed by atoms with Gasteiger partial charge in [0, 0.05) is 42.5 Å². The zero-order valence-electron chi connectivity index (χ0n) is 10.5. The standard InChI is InChI=1S/C12H13N7/c1-8-4-11(19-12(16-8)13-7-15-19)18-3-2-10-9(6-18)5-14-17-10/h4-5,7H,2-3,6H2,1H3,(H,14,17). The number of hydrogen-bond donors (Lipinski definition) is 1. The Balaban J connectivity index is 1.81. The Morgan fingerprint density at radius 1 is 1.37 bits per heavy atom. The molecule has 1 N–H and O–H groups in total. The number of nitrogens with zero attached hydrogens (tertiary/aromatic N) is 6. The molecule has 19 heavy (non-hydrogen) atoms. The molecule has 1 aliphatic rings. The molecule has 4 rings (SSSR count). The van der Waals surface area contributed by atoms with Crippen molar-refractivity contribution in [1.29, 1.82) is 0 Å². The zero-order chi connectivity index (χ0) is 12.8. The lowest BCUT2D eigenvalue weighted by molar-refractivity contribution is 0.693. The minimum atomic E-state index is 0.646. The molecule has 7 nitrogen and oxygen atoms in total. The number of nitrogens with one attached hydrogen (secondary N) is 1. The summed E-state index contributed by atoms with van der Waals surface area (Å²) in [5, 5.41) is 11.4. The SMILES string of the molecule is Cc1cc(N2CCc3[nH]ncc3C2)n2ncnc2n1. The largest absolute Gasteiger partial charge is 0.352 e. The minimum Gasteiger partial charge on any atom is -0.352 e. The summed E-state index contributed by atoms with van der Waals surface area (Å²) in [6.07, 6.45) is 4.40. The average molecular weight is 255 g/mol. The fourth-order valence-corrected chi connectivity index (χ4v) is 2.55. The van der Waals surface area contributed by atoms with Crippen LogP contribution in [0, 0.1) is 6.92 Å². The lowest BCUT2D eigenvalue weighted by Gasteiger charge is -2.28. The van der Waals surface area contributed by atoms with Crippen LogP contribution < -0.4 is 4.90 Å². The van der Waals surface area contributed by atoms with E-state index in [0.717, 1.165) is 31.0 Å². The zero-order valence-corrected chi connectivity index (χ0v) is 10.5. The minimum absolute atomic E-state index is 0.646. The van der Waals surface area contributed by atoms with Gasteiger partial charge in [-0.05, 0) is 6.92 Å². The van der Waals surface area contributed by atoms with Gasteiger partial charge in [0.1, 0.15) is 12.1 Å². The van der Waals surface area contributed by atoms with Crippen molar-refractivity contribution in [3.63, 3.8) is 0 Å². The van der Waals surface area contributed by atoms with Crippen LogP contribution in [0.25, 0.3) is 5.78 Å². The second-order valence-electron chi connectivity index (χ2n) is 4.77. The van der Waals surface area contributed by atoms with Gasteiger partial charge in [0.2, 0.25) is 0 Å². The molecular weight excluding hydrogens is 242 g/mol. The van der Waals surface area contributed by atoms with Gasteiger partial charge in [-0.3, -0.25) is 5.10 Å². The van der Waals surface area contributed by atoms with Crippen LogP contribution in [0.3, 0.4) is 0 Å². The summed E-state index contributed by atoms with van der Waals surface area (Å²) >= 11 is 0. The van der Waals surface area contributed by atoms with Crippen molar-refractivity contribution in [3.05, 3.63) is 35.5 Å². The molecule has 96 valence electrons. The Bertz CT molecular complexity index is 741. The molecule has 0 fully saturated rings. The number of aromatic amines is 1. The highest BCUT2D eigenvalue weighted by atomic mass is 15.4. The molecule has 0 atom stereocenters. The predicted octanol–water partition coefficient (Wildman–Crippen LogP) is 0.719. The topological polar surface area (TPSA) is 75.0 Å². The molecule has 0 saturated heterocycles. The van der Waals surface area contributed by atoms with Crippen LogP contribution in [0.4, 0.5) is 5.82 Å². The number of hydrogen-bond acceptors (Lipinski definition) is 5. The van der Waals surface area contributed by atoms with Gasteiger partial charge in [-0.25, -0.2) is 4.98 Å². The molecule has 0 aliphatic carbocycles. The monoisotopic (exact) mass is 255 g/mol.